The van der Waals surface area contributed by atoms with Crippen LogP contribution in [0.3, 0.4) is 0 Å². The zero-order valence-corrected chi connectivity index (χ0v) is 9.43. The van der Waals surface area contributed by atoms with Gasteiger partial charge < -0.3 is 4.90 Å². The Hall–Kier alpha value is -0.0400. The molecule has 0 atom stereocenters. The topological polar surface area (TPSA) is 3.24 Å². The van der Waals surface area contributed by atoms with Crippen molar-refractivity contribution in [2.24, 2.45) is 11.8 Å². The van der Waals surface area contributed by atoms with Gasteiger partial charge in [0.2, 0.25) is 0 Å². The highest BCUT2D eigenvalue weighted by Gasteiger charge is 2.01. The summed E-state index contributed by atoms with van der Waals surface area (Å²) in [4.78, 5) is 2.44. The number of hydrogen-bond donors (Lipinski definition) is 0. The van der Waals surface area contributed by atoms with Crippen LogP contribution in [0.25, 0.3) is 0 Å². The van der Waals surface area contributed by atoms with E-state index in [9.17, 15) is 0 Å². The molecule has 0 saturated heterocycles. The van der Waals surface area contributed by atoms with Crippen LogP contribution in [-0.4, -0.2) is 25.0 Å². The van der Waals surface area contributed by atoms with Crippen LogP contribution in [0, 0.1) is 11.8 Å². The molecule has 12 heavy (non-hydrogen) atoms. The Bertz CT molecular complexity index is 85.2. The third-order valence-electron chi connectivity index (χ3n) is 2.18. The van der Waals surface area contributed by atoms with E-state index in [4.69, 9.17) is 0 Å². The van der Waals surface area contributed by atoms with Gasteiger partial charge in [-0.05, 0) is 44.8 Å². The fourth-order valence-electron chi connectivity index (χ4n) is 1.07. The first-order chi connectivity index (χ1) is 5.52. The van der Waals surface area contributed by atoms with Gasteiger partial charge >= 0.3 is 0 Å². The minimum Gasteiger partial charge on any atom is -0.306 e. The summed E-state index contributed by atoms with van der Waals surface area (Å²) in [6.45, 7) is 11.7. The Balaban J connectivity index is 3.27. The van der Waals surface area contributed by atoms with Gasteiger partial charge in [0.25, 0.3) is 0 Å². The molecule has 0 aromatic rings. The molecule has 0 fully saturated rings. The van der Waals surface area contributed by atoms with Crippen molar-refractivity contribution in [2.45, 2.75) is 40.5 Å². The van der Waals surface area contributed by atoms with E-state index < -0.39 is 0 Å². The zero-order valence-electron chi connectivity index (χ0n) is 9.43. The quantitative estimate of drug-likeness (QED) is 0.594. The minimum atomic E-state index is 0.839. The molecule has 0 aromatic heterocycles. The average Bonchev–Trinajstić information content (AvgIpc) is 1.96. The second-order valence-electron chi connectivity index (χ2n) is 4.67. The predicted molar refractivity (Wildman–Crippen MR) is 56.4 cm³/mol. The van der Waals surface area contributed by atoms with Crippen LogP contribution >= 0.6 is 0 Å². The molecule has 0 N–H and O–H groups in total. The van der Waals surface area contributed by atoms with Crippen molar-refractivity contribution in [1.82, 2.24) is 4.90 Å². The molecular formula is C11H25N. The van der Waals surface area contributed by atoms with Crippen molar-refractivity contribution in [1.29, 1.82) is 0 Å². The molecule has 0 aliphatic heterocycles. The van der Waals surface area contributed by atoms with Crippen LogP contribution in [0.15, 0.2) is 0 Å². The first-order valence-electron chi connectivity index (χ1n) is 5.21. The lowest BCUT2D eigenvalue weighted by molar-refractivity contribution is 0.292. The predicted octanol–water partition coefficient (Wildman–Crippen LogP) is 3.01. The maximum Gasteiger partial charge on any atom is -0.00193 e. The molecule has 0 rings (SSSR count). The van der Waals surface area contributed by atoms with Crippen molar-refractivity contribution in [3.05, 3.63) is 0 Å². The maximum absolute atomic E-state index is 2.44. The Morgan fingerprint density at radius 3 is 1.42 bits per heavy atom. The highest BCUT2D eigenvalue weighted by Crippen LogP contribution is 2.04. The van der Waals surface area contributed by atoms with Crippen molar-refractivity contribution >= 4 is 0 Å². The SMILES string of the molecule is CC(C)CCN(C)CCC(C)C. The standard InChI is InChI=1S/C11H25N/c1-10(2)6-8-12(5)9-7-11(3)4/h10-11H,6-9H2,1-5H3. The second kappa shape index (κ2) is 6.47. The van der Waals surface area contributed by atoms with Crippen LogP contribution in [-0.2, 0) is 0 Å². The van der Waals surface area contributed by atoms with Crippen LogP contribution < -0.4 is 0 Å². The second-order valence-corrected chi connectivity index (χ2v) is 4.67. The molecule has 0 aliphatic carbocycles. The van der Waals surface area contributed by atoms with Gasteiger partial charge in [0.1, 0.15) is 0 Å². The van der Waals surface area contributed by atoms with E-state index in [-0.39, 0.29) is 0 Å². The third kappa shape index (κ3) is 8.06. The molecular weight excluding hydrogens is 146 g/mol. The Kier molecular flexibility index (Phi) is 6.45. The summed E-state index contributed by atoms with van der Waals surface area (Å²) >= 11 is 0. The van der Waals surface area contributed by atoms with Crippen LogP contribution in [0.2, 0.25) is 0 Å². The molecule has 0 radical (unpaired) electrons. The van der Waals surface area contributed by atoms with Crippen molar-refractivity contribution in [3.8, 4) is 0 Å². The van der Waals surface area contributed by atoms with E-state index in [0.29, 0.717) is 0 Å². The summed E-state index contributed by atoms with van der Waals surface area (Å²) in [5, 5.41) is 0. The number of hydrogen-bond acceptors (Lipinski definition) is 1. The molecule has 0 unspecified atom stereocenters. The molecule has 0 bridgehead atoms. The Morgan fingerprint density at radius 2 is 1.17 bits per heavy atom. The number of rotatable bonds is 6. The van der Waals surface area contributed by atoms with Gasteiger partial charge in [-0.2, -0.15) is 0 Å². The minimum absolute atomic E-state index is 0.839. The normalized spacial score (nSPS) is 12.0. The summed E-state index contributed by atoms with van der Waals surface area (Å²) < 4.78 is 0. The summed E-state index contributed by atoms with van der Waals surface area (Å²) in [6.07, 6.45) is 2.66. The van der Waals surface area contributed by atoms with E-state index in [0.717, 1.165) is 11.8 Å². The highest BCUT2D eigenvalue weighted by molar-refractivity contribution is 4.55. The smallest absolute Gasteiger partial charge is 0.00193 e. The van der Waals surface area contributed by atoms with Gasteiger partial charge in [-0.3, -0.25) is 0 Å². The third-order valence-corrected chi connectivity index (χ3v) is 2.18. The van der Waals surface area contributed by atoms with E-state index in [1.807, 2.05) is 0 Å². The monoisotopic (exact) mass is 171 g/mol. The van der Waals surface area contributed by atoms with E-state index in [2.05, 4.69) is 39.6 Å². The first-order valence-corrected chi connectivity index (χ1v) is 5.21. The lowest BCUT2D eigenvalue weighted by Gasteiger charge is -2.18. The van der Waals surface area contributed by atoms with Crippen LogP contribution in [0.1, 0.15) is 40.5 Å². The highest BCUT2D eigenvalue weighted by atomic mass is 15.1. The summed E-state index contributed by atoms with van der Waals surface area (Å²) in [5.74, 6) is 1.68. The van der Waals surface area contributed by atoms with E-state index in [1.165, 1.54) is 25.9 Å². The first kappa shape index (κ1) is 12.0. The molecule has 1 nitrogen and oxygen atoms in total. The Morgan fingerprint density at radius 1 is 0.833 bits per heavy atom. The molecule has 0 saturated carbocycles. The van der Waals surface area contributed by atoms with Gasteiger partial charge in [0, 0.05) is 0 Å². The molecule has 0 amide bonds. The molecule has 74 valence electrons. The maximum atomic E-state index is 2.44. The lowest BCUT2D eigenvalue weighted by atomic mass is 10.1. The number of nitrogens with zero attached hydrogens (tertiary/aromatic N) is 1. The molecule has 0 aliphatic rings. The largest absolute Gasteiger partial charge is 0.306 e. The fraction of sp³-hybridized carbons (Fsp3) is 1.00. The molecule has 0 spiro atoms. The van der Waals surface area contributed by atoms with Gasteiger partial charge in [-0.25, -0.2) is 0 Å². The van der Waals surface area contributed by atoms with Crippen molar-refractivity contribution in [2.75, 3.05) is 20.1 Å². The van der Waals surface area contributed by atoms with Gasteiger partial charge in [0.15, 0.2) is 0 Å². The van der Waals surface area contributed by atoms with Gasteiger partial charge in [0.05, 0.1) is 0 Å². The molecule has 0 heterocycles. The Labute approximate surface area is 78.1 Å². The average molecular weight is 171 g/mol. The van der Waals surface area contributed by atoms with Crippen LogP contribution in [0.4, 0.5) is 0 Å². The summed E-state index contributed by atoms with van der Waals surface area (Å²) in [7, 11) is 2.23. The van der Waals surface area contributed by atoms with Gasteiger partial charge in [-0.1, -0.05) is 27.7 Å². The van der Waals surface area contributed by atoms with Crippen molar-refractivity contribution in [3.63, 3.8) is 0 Å². The van der Waals surface area contributed by atoms with Crippen molar-refractivity contribution < 1.29 is 0 Å². The van der Waals surface area contributed by atoms with Gasteiger partial charge in [-0.15, -0.1) is 0 Å². The van der Waals surface area contributed by atoms with Crippen LogP contribution in [0.5, 0.6) is 0 Å². The zero-order chi connectivity index (χ0) is 9.56. The lowest BCUT2D eigenvalue weighted by Crippen LogP contribution is -2.23. The summed E-state index contributed by atoms with van der Waals surface area (Å²) in [5.41, 5.74) is 0. The summed E-state index contributed by atoms with van der Waals surface area (Å²) in [6, 6.07) is 0. The van der Waals surface area contributed by atoms with E-state index in [1.54, 1.807) is 0 Å². The molecule has 1 heteroatoms. The fourth-order valence-corrected chi connectivity index (χ4v) is 1.07. The molecule has 0 aromatic carbocycles. The van der Waals surface area contributed by atoms with E-state index >= 15 is 0 Å².